The maximum absolute atomic E-state index is 5.84. The lowest BCUT2D eigenvalue weighted by Crippen LogP contribution is -2.42. The molecule has 2 aromatic rings. The second kappa shape index (κ2) is 11.5. The molecule has 7 heteroatoms. The summed E-state index contributed by atoms with van der Waals surface area (Å²) in [6.07, 6.45) is 8.21. The largest absolute Gasteiger partial charge is 0.494 e. The number of guanidine groups is 1. The van der Waals surface area contributed by atoms with Crippen LogP contribution in [-0.2, 0) is 6.54 Å². The molecule has 150 valence electrons. The number of halogens is 1. The van der Waals surface area contributed by atoms with E-state index in [1.165, 1.54) is 0 Å². The molecule has 0 bridgehead atoms. The Balaban J connectivity index is 0.00000280. The average Bonchev–Trinajstić information content (AvgIpc) is 3.20. The molecule has 2 N–H and O–H groups in total. The quantitative estimate of drug-likeness (QED) is 0.261. The highest BCUT2D eigenvalue weighted by Gasteiger charge is 2.11. The van der Waals surface area contributed by atoms with E-state index in [1.807, 2.05) is 43.3 Å². The van der Waals surface area contributed by atoms with Gasteiger partial charge in [0, 0.05) is 31.9 Å². The third-order valence-electron chi connectivity index (χ3n) is 4.19. The van der Waals surface area contributed by atoms with Crippen LogP contribution in [0.4, 0.5) is 0 Å². The van der Waals surface area contributed by atoms with Crippen LogP contribution >= 0.6 is 24.0 Å². The molecule has 0 aliphatic heterocycles. The molecule has 1 heterocycles. The predicted octanol–water partition coefficient (Wildman–Crippen LogP) is 4.27. The Morgan fingerprint density at radius 3 is 2.54 bits per heavy atom. The number of nitrogens with zero attached hydrogens (tertiary/aromatic N) is 2. The molecule has 0 atom stereocenters. The summed E-state index contributed by atoms with van der Waals surface area (Å²) in [5, 5.41) is 6.76. The lowest BCUT2D eigenvalue weighted by Gasteiger charge is -2.17. The summed E-state index contributed by atoms with van der Waals surface area (Å²) >= 11 is 0. The Bertz CT molecular complexity index is 785. The monoisotopic (exact) mass is 494 g/mol. The van der Waals surface area contributed by atoms with E-state index in [4.69, 9.17) is 9.47 Å². The highest BCUT2D eigenvalue weighted by molar-refractivity contribution is 14.0. The molecule has 1 aliphatic carbocycles. The maximum Gasteiger partial charge on any atom is 0.219 e. The van der Waals surface area contributed by atoms with E-state index in [9.17, 15) is 0 Å². The highest BCUT2D eigenvalue weighted by atomic mass is 127. The molecule has 3 rings (SSSR count). The number of aliphatic imine (C=N–C) groups is 1. The molecule has 0 saturated heterocycles. The Kier molecular flexibility index (Phi) is 9.06. The minimum atomic E-state index is 0. The summed E-state index contributed by atoms with van der Waals surface area (Å²) in [5.74, 6) is 2.91. The van der Waals surface area contributed by atoms with Crippen molar-refractivity contribution in [2.75, 3.05) is 13.7 Å². The van der Waals surface area contributed by atoms with Crippen LogP contribution in [0.15, 0.2) is 59.7 Å². The van der Waals surface area contributed by atoms with Gasteiger partial charge in [-0.15, -0.1) is 24.0 Å². The summed E-state index contributed by atoms with van der Waals surface area (Å²) in [7, 11) is 1.78. The number of pyridine rings is 1. The molecule has 0 radical (unpaired) electrons. The summed E-state index contributed by atoms with van der Waals surface area (Å²) in [6, 6.07) is 11.8. The maximum atomic E-state index is 5.84. The van der Waals surface area contributed by atoms with Gasteiger partial charge in [0.15, 0.2) is 5.96 Å². The van der Waals surface area contributed by atoms with Crippen molar-refractivity contribution in [2.24, 2.45) is 4.99 Å². The molecule has 0 saturated carbocycles. The van der Waals surface area contributed by atoms with Gasteiger partial charge in [-0.2, -0.15) is 0 Å². The van der Waals surface area contributed by atoms with Crippen molar-refractivity contribution in [1.29, 1.82) is 0 Å². The van der Waals surface area contributed by atoms with Crippen LogP contribution in [0.3, 0.4) is 0 Å². The lowest BCUT2D eigenvalue weighted by molar-refractivity contribution is 0.339. The van der Waals surface area contributed by atoms with Crippen molar-refractivity contribution in [1.82, 2.24) is 15.6 Å². The molecule has 0 amide bonds. The first-order chi connectivity index (χ1) is 13.3. The first-order valence-corrected chi connectivity index (χ1v) is 9.24. The second-order valence-electron chi connectivity index (χ2n) is 6.22. The van der Waals surface area contributed by atoms with E-state index < -0.39 is 0 Å². The number of hydrogen-bond donors (Lipinski definition) is 2. The number of aromatic nitrogens is 1. The number of rotatable bonds is 7. The van der Waals surface area contributed by atoms with Crippen molar-refractivity contribution in [2.45, 2.75) is 32.4 Å². The third-order valence-corrected chi connectivity index (χ3v) is 4.19. The van der Waals surface area contributed by atoms with Crippen LogP contribution < -0.4 is 20.1 Å². The Hall–Kier alpha value is -2.29. The van der Waals surface area contributed by atoms with E-state index in [0.29, 0.717) is 25.1 Å². The average molecular weight is 494 g/mol. The minimum absolute atomic E-state index is 0. The molecule has 28 heavy (non-hydrogen) atoms. The zero-order chi connectivity index (χ0) is 18.9. The predicted molar refractivity (Wildman–Crippen MR) is 123 cm³/mol. The number of ether oxygens (including phenoxy) is 2. The standard InChI is InChI=1S/C21H26N4O2.HI/c1-3-26-18-8-10-19(11-9-18)27-20-14-16(12-13-23-20)15-24-21(22-2)25-17-6-4-5-7-17;/h4-5,8-14,17H,3,6-7,15H2,1-2H3,(H2,22,24,25);1H. The van der Waals surface area contributed by atoms with Crippen molar-refractivity contribution >= 4 is 29.9 Å². The van der Waals surface area contributed by atoms with Gasteiger partial charge < -0.3 is 20.1 Å². The van der Waals surface area contributed by atoms with Crippen LogP contribution in [-0.4, -0.2) is 30.6 Å². The van der Waals surface area contributed by atoms with Crippen LogP contribution in [0.1, 0.15) is 25.3 Å². The molecular weight excluding hydrogens is 467 g/mol. The highest BCUT2D eigenvalue weighted by Crippen LogP contribution is 2.23. The molecule has 0 fully saturated rings. The topological polar surface area (TPSA) is 67.8 Å². The van der Waals surface area contributed by atoms with Gasteiger partial charge >= 0.3 is 0 Å². The zero-order valence-corrected chi connectivity index (χ0v) is 18.6. The van der Waals surface area contributed by atoms with Crippen molar-refractivity contribution in [3.63, 3.8) is 0 Å². The van der Waals surface area contributed by atoms with Gasteiger partial charge in [0.25, 0.3) is 0 Å². The van der Waals surface area contributed by atoms with Crippen molar-refractivity contribution in [3.8, 4) is 17.4 Å². The first-order valence-electron chi connectivity index (χ1n) is 9.24. The van der Waals surface area contributed by atoms with Crippen LogP contribution in [0, 0.1) is 0 Å². The Morgan fingerprint density at radius 1 is 1.14 bits per heavy atom. The third kappa shape index (κ3) is 6.70. The van der Waals surface area contributed by atoms with Gasteiger partial charge in [0.2, 0.25) is 5.88 Å². The minimum Gasteiger partial charge on any atom is -0.494 e. The van der Waals surface area contributed by atoms with E-state index in [1.54, 1.807) is 13.2 Å². The van der Waals surface area contributed by atoms with Gasteiger partial charge in [0.05, 0.1) is 6.61 Å². The van der Waals surface area contributed by atoms with Gasteiger partial charge in [-0.05, 0) is 55.7 Å². The SMILES string of the molecule is CCOc1ccc(Oc2cc(CNC(=NC)NC3CC=CC3)ccn2)cc1.I. The van der Waals surface area contributed by atoms with Gasteiger partial charge in [-0.3, -0.25) is 4.99 Å². The fourth-order valence-corrected chi connectivity index (χ4v) is 2.82. The molecule has 1 aromatic heterocycles. The van der Waals surface area contributed by atoms with Crippen molar-refractivity contribution < 1.29 is 9.47 Å². The lowest BCUT2D eigenvalue weighted by atomic mass is 10.2. The summed E-state index contributed by atoms with van der Waals surface area (Å²) < 4.78 is 11.3. The van der Waals surface area contributed by atoms with E-state index >= 15 is 0 Å². The fourth-order valence-electron chi connectivity index (χ4n) is 2.82. The second-order valence-corrected chi connectivity index (χ2v) is 6.22. The first kappa shape index (κ1) is 22.0. The Labute approximate surface area is 183 Å². The van der Waals surface area contributed by atoms with Gasteiger partial charge in [-0.1, -0.05) is 12.2 Å². The van der Waals surface area contributed by atoms with E-state index in [2.05, 4.69) is 32.8 Å². The molecule has 6 nitrogen and oxygen atoms in total. The van der Waals surface area contributed by atoms with E-state index in [0.717, 1.165) is 35.9 Å². The van der Waals surface area contributed by atoms with E-state index in [-0.39, 0.29) is 24.0 Å². The zero-order valence-electron chi connectivity index (χ0n) is 16.2. The summed E-state index contributed by atoms with van der Waals surface area (Å²) in [6.45, 7) is 3.25. The molecule has 0 unspecified atom stereocenters. The number of hydrogen-bond acceptors (Lipinski definition) is 4. The molecule has 1 aromatic carbocycles. The van der Waals surface area contributed by atoms with Crippen molar-refractivity contribution in [3.05, 3.63) is 60.3 Å². The normalized spacial score (nSPS) is 13.7. The van der Waals surface area contributed by atoms with Gasteiger partial charge in [-0.25, -0.2) is 4.98 Å². The summed E-state index contributed by atoms with van der Waals surface area (Å²) in [4.78, 5) is 8.58. The molecule has 0 spiro atoms. The smallest absolute Gasteiger partial charge is 0.219 e. The molecule has 1 aliphatic rings. The Morgan fingerprint density at radius 2 is 1.86 bits per heavy atom. The van der Waals surface area contributed by atoms with Crippen LogP contribution in [0.2, 0.25) is 0 Å². The molecular formula is C21H27IN4O2. The summed E-state index contributed by atoms with van der Waals surface area (Å²) in [5.41, 5.74) is 1.07. The number of nitrogens with one attached hydrogen (secondary N) is 2. The van der Waals surface area contributed by atoms with Crippen LogP contribution in [0.5, 0.6) is 17.4 Å². The number of benzene rings is 1. The van der Waals surface area contributed by atoms with Crippen LogP contribution in [0.25, 0.3) is 0 Å². The fraction of sp³-hybridized carbons (Fsp3) is 0.333. The van der Waals surface area contributed by atoms with Gasteiger partial charge in [0.1, 0.15) is 11.5 Å².